The molecule has 2 atom stereocenters. The van der Waals surface area contributed by atoms with Crippen LogP contribution in [0.15, 0.2) is 61.1 Å². The number of pyridine rings is 1. The molecule has 5 aromatic rings. The van der Waals surface area contributed by atoms with E-state index in [4.69, 9.17) is 15.5 Å². The lowest BCUT2D eigenvalue weighted by Crippen LogP contribution is -2.63. The number of piperazine rings is 1. The molecule has 16 nitrogen and oxygen atoms in total. The number of imide groups is 2. The van der Waals surface area contributed by atoms with Crippen molar-refractivity contribution >= 4 is 51.6 Å². The van der Waals surface area contributed by atoms with Crippen molar-refractivity contribution in [2.75, 3.05) is 54.8 Å². The third kappa shape index (κ3) is 6.63. The maximum absolute atomic E-state index is 14.4. The Balaban J connectivity index is 0.817. The second kappa shape index (κ2) is 14.3. The first-order chi connectivity index (χ1) is 27.5. The SMILES string of the molecule is Cc1nc(N2CCN(C3CN(c4ccc5c(c4)C(=O)N(C4CCC(=O)NC4=O)C5=O)C3)CC2)sc1-c1cnc(N)c(O[C@H](C)c2cc(F)ccc2-n2nccn2)c1. The lowest BCUT2D eigenvalue weighted by atomic mass is 10.0. The first-order valence-electron chi connectivity index (χ1n) is 18.7. The zero-order valence-electron chi connectivity index (χ0n) is 31.1. The van der Waals surface area contributed by atoms with Gasteiger partial charge in [0.2, 0.25) is 11.8 Å². The summed E-state index contributed by atoms with van der Waals surface area (Å²) in [6, 6.07) is 10.8. The number of aromatic nitrogens is 5. The van der Waals surface area contributed by atoms with Gasteiger partial charge in [-0.15, -0.1) is 0 Å². The minimum atomic E-state index is -0.989. The molecule has 18 heteroatoms. The summed E-state index contributed by atoms with van der Waals surface area (Å²) < 4.78 is 20.6. The molecule has 292 valence electrons. The van der Waals surface area contributed by atoms with E-state index in [2.05, 4.69) is 35.2 Å². The van der Waals surface area contributed by atoms with Crippen LogP contribution in [0.2, 0.25) is 0 Å². The highest BCUT2D eigenvalue weighted by Gasteiger charge is 2.45. The number of piperidine rings is 1. The lowest BCUT2D eigenvalue weighted by Gasteiger charge is -2.49. The molecule has 7 heterocycles. The molecule has 0 radical (unpaired) electrons. The fourth-order valence-electron chi connectivity index (χ4n) is 7.92. The minimum absolute atomic E-state index is 0.0795. The number of ether oxygens (including phenoxy) is 1. The Kier molecular flexibility index (Phi) is 9.15. The quantitative estimate of drug-likeness (QED) is 0.207. The number of benzene rings is 2. The smallest absolute Gasteiger partial charge is 0.262 e. The van der Waals surface area contributed by atoms with Crippen LogP contribution in [0, 0.1) is 12.7 Å². The van der Waals surface area contributed by atoms with E-state index >= 15 is 0 Å². The Hall–Kier alpha value is -6.27. The zero-order valence-corrected chi connectivity index (χ0v) is 31.9. The van der Waals surface area contributed by atoms with Gasteiger partial charge in [0.1, 0.15) is 18.0 Å². The number of halogens is 1. The molecule has 3 aromatic heterocycles. The maximum atomic E-state index is 14.4. The largest absolute Gasteiger partial charge is 0.482 e. The average molecular weight is 792 g/mol. The van der Waals surface area contributed by atoms with E-state index in [1.807, 2.05) is 26.0 Å². The molecule has 3 N–H and O–H groups in total. The Morgan fingerprint density at radius 1 is 0.947 bits per heavy atom. The number of amides is 4. The number of carbonyl (C=O) groups excluding carboxylic acids is 4. The van der Waals surface area contributed by atoms with Crippen LogP contribution in [0.5, 0.6) is 5.75 Å². The van der Waals surface area contributed by atoms with Gasteiger partial charge in [-0.3, -0.25) is 34.3 Å². The molecule has 0 saturated carbocycles. The molecule has 0 aliphatic carbocycles. The summed E-state index contributed by atoms with van der Waals surface area (Å²) in [4.78, 5) is 70.2. The molecule has 0 bridgehead atoms. The summed E-state index contributed by atoms with van der Waals surface area (Å²) in [6.07, 6.45) is 4.42. The van der Waals surface area contributed by atoms with E-state index in [1.165, 1.54) is 16.9 Å². The molecule has 0 spiro atoms. The normalized spacial score (nSPS) is 19.5. The molecule has 4 aliphatic rings. The number of carbonyl (C=O) groups is 4. The van der Waals surface area contributed by atoms with E-state index in [-0.39, 0.29) is 29.8 Å². The molecule has 1 unspecified atom stereocenters. The summed E-state index contributed by atoms with van der Waals surface area (Å²) in [6.45, 7) is 8.68. The fourth-order valence-corrected chi connectivity index (χ4v) is 9.02. The lowest BCUT2D eigenvalue weighted by molar-refractivity contribution is -0.136. The van der Waals surface area contributed by atoms with Crippen LogP contribution in [0.25, 0.3) is 16.1 Å². The van der Waals surface area contributed by atoms with Gasteiger partial charge in [-0.05, 0) is 62.7 Å². The van der Waals surface area contributed by atoms with Crippen molar-refractivity contribution in [1.82, 2.24) is 40.1 Å². The summed E-state index contributed by atoms with van der Waals surface area (Å²) >= 11 is 1.59. The van der Waals surface area contributed by atoms with Crippen molar-refractivity contribution in [1.29, 1.82) is 0 Å². The van der Waals surface area contributed by atoms with Crippen molar-refractivity contribution in [3.8, 4) is 21.9 Å². The number of hydrogen-bond donors (Lipinski definition) is 2. The molecular formula is C39H38FN11O5S. The number of aryl methyl sites for hydroxylation is 1. The minimum Gasteiger partial charge on any atom is -0.482 e. The molecule has 9 rings (SSSR count). The number of thiazole rings is 1. The van der Waals surface area contributed by atoms with Gasteiger partial charge in [0.25, 0.3) is 11.8 Å². The van der Waals surface area contributed by atoms with E-state index in [0.717, 1.165) is 71.1 Å². The number of anilines is 3. The number of rotatable bonds is 9. The van der Waals surface area contributed by atoms with Crippen LogP contribution in [-0.2, 0) is 9.59 Å². The van der Waals surface area contributed by atoms with E-state index < -0.39 is 41.6 Å². The van der Waals surface area contributed by atoms with Crippen LogP contribution in [0.1, 0.15) is 57.8 Å². The monoisotopic (exact) mass is 791 g/mol. The van der Waals surface area contributed by atoms with Crippen LogP contribution < -0.4 is 25.6 Å². The Morgan fingerprint density at radius 2 is 1.70 bits per heavy atom. The van der Waals surface area contributed by atoms with Crippen molar-refractivity contribution in [3.63, 3.8) is 0 Å². The second-order valence-corrected chi connectivity index (χ2v) is 15.5. The van der Waals surface area contributed by atoms with Crippen LogP contribution in [0.3, 0.4) is 0 Å². The molecule has 57 heavy (non-hydrogen) atoms. The third-order valence-electron chi connectivity index (χ3n) is 11.0. The van der Waals surface area contributed by atoms with E-state index in [9.17, 15) is 23.6 Å². The van der Waals surface area contributed by atoms with Gasteiger partial charge in [-0.25, -0.2) is 14.4 Å². The number of nitrogens with one attached hydrogen (secondary N) is 1. The van der Waals surface area contributed by atoms with E-state index in [1.54, 1.807) is 48.1 Å². The van der Waals surface area contributed by atoms with Crippen molar-refractivity contribution in [3.05, 3.63) is 89.3 Å². The van der Waals surface area contributed by atoms with Gasteiger partial charge in [0.15, 0.2) is 16.7 Å². The predicted octanol–water partition coefficient (Wildman–Crippen LogP) is 3.37. The summed E-state index contributed by atoms with van der Waals surface area (Å²) in [5.74, 6) is -1.86. The summed E-state index contributed by atoms with van der Waals surface area (Å²) in [7, 11) is 0. The highest BCUT2D eigenvalue weighted by Crippen LogP contribution is 2.39. The number of hydrogen-bond acceptors (Lipinski definition) is 14. The molecule has 3 fully saturated rings. The second-order valence-electron chi connectivity index (χ2n) is 14.6. The van der Waals surface area contributed by atoms with Crippen LogP contribution in [0.4, 0.5) is 21.0 Å². The van der Waals surface area contributed by atoms with Crippen molar-refractivity contribution in [2.24, 2.45) is 0 Å². The van der Waals surface area contributed by atoms with Gasteiger partial charge in [-0.1, -0.05) is 11.3 Å². The van der Waals surface area contributed by atoms with Crippen molar-refractivity contribution in [2.45, 2.75) is 44.9 Å². The molecular weight excluding hydrogens is 754 g/mol. The van der Waals surface area contributed by atoms with Gasteiger partial charge >= 0.3 is 0 Å². The third-order valence-corrected chi connectivity index (χ3v) is 12.3. The maximum Gasteiger partial charge on any atom is 0.262 e. The predicted molar refractivity (Wildman–Crippen MR) is 208 cm³/mol. The highest BCUT2D eigenvalue weighted by molar-refractivity contribution is 7.19. The molecule has 3 saturated heterocycles. The van der Waals surface area contributed by atoms with Gasteiger partial charge < -0.3 is 20.3 Å². The van der Waals surface area contributed by atoms with Crippen molar-refractivity contribution < 1.29 is 28.3 Å². The van der Waals surface area contributed by atoms with Gasteiger partial charge in [-0.2, -0.15) is 15.0 Å². The first-order valence-corrected chi connectivity index (χ1v) is 19.5. The fraction of sp³-hybridized carbons (Fsp3) is 0.333. The molecule has 4 amide bonds. The number of nitrogens with two attached hydrogens (primary N) is 1. The average Bonchev–Trinajstić information content (AvgIpc) is 3.91. The summed E-state index contributed by atoms with van der Waals surface area (Å²) in [5.41, 5.74) is 10.5. The highest BCUT2D eigenvalue weighted by atomic mass is 32.1. The standard InChI is InChI=1S/C39H38FN11O5S/c1-21-34(23-15-32(35(41)42-18-23)56-22(2)28-16-24(40)3-6-30(28)51-43-9-10-44-51)57-39(45-21)48-13-11-47(12-14-48)26-19-49(20-26)25-4-5-27-29(17-25)38(55)50(37(27)54)31-7-8-33(52)46-36(31)53/h3-6,9-10,15-18,22,26,31H,7-8,11-14,19-20H2,1-2H3,(H2,41,42)(H,46,52,53)/t22-,31?/m1/s1. The van der Waals surface area contributed by atoms with E-state index in [0.29, 0.717) is 23.0 Å². The zero-order chi connectivity index (χ0) is 39.5. The Morgan fingerprint density at radius 3 is 2.46 bits per heavy atom. The number of nitrogen functional groups attached to an aromatic ring is 1. The van der Waals surface area contributed by atoms with Gasteiger partial charge in [0.05, 0.1) is 39.8 Å². The number of nitrogens with zero attached hydrogens (tertiary/aromatic N) is 9. The Bertz CT molecular complexity index is 2430. The first kappa shape index (κ1) is 36.4. The van der Waals surface area contributed by atoms with Gasteiger partial charge in [0, 0.05) is 74.7 Å². The van der Waals surface area contributed by atoms with Crippen LogP contribution >= 0.6 is 11.3 Å². The number of fused-ring (bicyclic) bond motifs is 1. The van der Waals surface area contributed by atoms with Crippen LogP contribution in [-0.4, -0.2) is 110 Å². The summed E-state index contributed by atoms with van der Waals surface area (Å²) in [5, 5.41) is 11.5. The Labute approximate surface area is 330 Å². The topological polar surface area (TPSA) is 185 Å². The molecule has 2 aromatic carbocycles. The molecule has 4 aliphatic heterocycles.